The third-order valence-corrected chi connectivity index (χ3v) is 3.76. The Morgan fingerprint density at radius 2 is 2.45 bits per heavy atom. The lowest BCUT2D eigenvalue weighted by atomic mass is 9.99. The predicted molar refractivity (Wildman–Crippen MR) is 79.1 cm³/mol. The number of rotatable bonds is 5. The quantitative estimate of drug-likeness (QED) is 0.830. The molecule has 0 spiro atoms. The van der Waals surface area contributed by atoms with Gasteiger partial charge in [-0.2, -0.15) is 0 Å². The highest BCUT2D eigenvalue weighted by Gasteiger charge is 2.17. The summed E-state index contributed by atoms with van der Waals surface area (Å²) in [7, 11) is 1.38. The Labute approximate surface area is 120 Å². The molecule has 1 N–H and O–H groups in total. The van der Waals surface area contributed by atoms with Gasteiger partial charge < -0.3 is 15.0 Å². The van der Waals surface area contributed by atoms with E-state index in [0.29, 0.717) is 11.6 Å². The van der Waals surface area contributed by atoms with E-state index in [1.807, 2.05) is 12.1 Å². The van der Waals surface area contributed by atoms with Gasteiger partial charge in [-0.1, -0.05) is 0 Å². The van der Waals surface area contributed by atoms with Gasteiger partial charge in [-0.05, 0) is 50.9 Å². The Hall–Kier alpha value is -1.62. The van der Waals surface area contributed by atoms with E-state index in [9.17, 15) is 4.79 Å². The second kappa shape index (κ2) is 7.24. The van der Waals surface area contributed by atoms with E-state index in [4.69, 9.17) is 4.74 Å². The lowest BCUT2D eigenvalue weighted by Gasteiger charge is -2.31. The van der Waals surface area contributed by atoms with Crippen molar-refractivity contribution >= 4 is 11.7 Å². The molecule has 1 atom stereocenters. The van der Waals surface area contributed by atoms with E-state index in [0.717, 1.165) is 31.9 Å². The van der Waals surface area contributed by atoms with Crippen molar-refractivity contribution in [2.45, 2.75) is 19.8 Å². The zero-order chi connectivity index (χ0) is 14.4. The Morgan fingerprint density at radius 1 is 1.60 bits per heavy atom. The summed E-state index contributed by atoms with van der Waals surface area (Å²) >= 11 is 0. The fourth-order valence-corrected chi connectivity index (χ4v) is 2.64. The first-order valence-electron chi connectivity index (χ1n) is 7.24. The van der Waals surface area contributed by atoms with Gasteiger partial charge in [0.05, 0.1) is 7.11 Å². The van der Waals surface area contributed by atoms with E-state index < -0.39 is 0 Å². The van der Waals surface area contributed by atoms with Gasteiger partial charge in [0.2, 0.25) is 0 Å². The number of ether oxygens (including phenoxy) is 1. The van der Waals surface area contributed by atoms with Crippen LogP contribution in [0.1, 0.15) is 30.3 Å². The van der Waals surface area contributed by atoms with Gasteiger partial charge in [-0.15, -0.1) is 0 Å². The van der Waals surface area contributed by atoms with Crippen LogP contribution in [-0.2, 0) is 4.74 Å². The molecule has 0 amide bonds. The molecule has 1 fully saturated rings. The van der Waals surface area contributed by atoms with Crippen LogP contribution in [0.3, 0.4) is 0 Å². The maximum Gasteiger partial charge on any atom is 0.356 e. The molecule has 1 aliphatic rings. The standard InChI is InChI=1S/C15H23N3O2/c1-3-18(11-12-5-4-7-16-10-12)13-6-8-17-14(9-13)15(19)20-2/h6,8-9,12,16H,3-5,7,10-11H2,1-2H3. The molecule has 0 radical (unpaired) electrons. The molecule has 2 heterocycles. The number of nitrogens with zero attached hydrogens (tertiary/aromatic N) is 2. The molecule has 0 aliphatic carbocycles. The smallest absolute Gasteiger partial charge is 0.356 e. The summed E-state index contributed by atoms with van der Waals surface area (Å²) in [5.74, 6) is 0.278. The van der Waals surface area contributed by atoms with Crippen LogP contribution in [0, 0.1) is 5.92 Å². The van der Waals surface area contributed by atoms with Crippen molar-refractivity contribution in [3.8, 4) is 0 Å². The van der Waals surface area contributed by atoms with Crippen LogP contribution >= 0.6 is 0 Å². The van der Waals surface area contributed by atoms with Crippen molar-refractivity contribution in [2.24, 2.45) is 5.92 Å². The fourth-order valence-electron chi connectivity index (χ4n) is 2.64. The molecule has 0 aromatic carbocycles. The second-order valence-corrected chi connectivity index (χ2v) is 5.14. The van der Waals surface area contributed by atoms with E-state index in [1.54, 1.807) is 6.20 Å². The Balaban J connectivity index is 2.08. The number of anilines is 1. The minimum atomic E-state index is -0.387. The third-order valence-electron chi connectivity index (χ3n) is 3.76. The van der Waals surface area contributed by atoms with Gasteiger partial charge in [-0.3, -0.25) is 0 Å². The van der Waals surface area contributed by atoms with Gasteiger partial charge in [-0.25, -0.2) is 9.78 Å². The van der Waals surface area contributed by atoms with E-state index >= 15 is 0 Å². The van der Waals surface area contributed by atoms with Crippen molar-refractivity contribution in [1.29, 1.82) is 0 Å². The first-order valence-corrected chi connectivity index (χ1v) is 7.24. The highest BCUT2D eigenvalue weighted by atomic mass is 16.5. The Morgan fingerprint density at radius 3 is 3.10 bits per heavy atom. The van der Waals surface area contributed by atoms with Crippen molar-refractivity contribution in [3.63, 3.8) is 0 Å². The van der Waals surface area contributed by atoms with Crippen LogP contribution in [0.25, 0.3) is 0 Å². The van der Waals surface area contributed by atoms with Gasteiger partial charge in [0.25, 0.3) is 0 Å². The van der Waals surface area contributed by atoms with Crippen LogP contribution in [-0.4, -0.2) is 44.2 Å². The van der Waals surface area contributed by atoms with E-state index in [2.05, 4.69) is 22.1 Å². The van der Waals surface area contributed by atoms with Gasteiger partial charge in [0, 0.05) is 25.0 Å². The third kappa shape index (κ3) is 3.70. The first-order chi connectivity index (χ1) is 9.74. The van der Waals surface area contributed by atoms with Crippen LogP contribution in [0.15, 0.2) is 18.3 Å². The number of hydrogen-bond acceptors (Lipinski definition) is 5. The number of hydrogen-bond donors (Lipinski definition) is 1. The Kier molecular flexibility index (Phi) is 5.35. The minimum Gasteiger partial charge on any atom is -0.464 e. The topological polar surface area (TPSA) is 54.5 Å². The molecular formula is C15H23N3O2. The molecule has 5 heteroatoms. The van der Waals surface area contributed by atoms with Gasteiger partial charge in [0.1, 0.15) is 5.69 Å². The van der Waals surface area contributed by atoms with Gasteiger partial charge >= 0.3 is 5.97 Å². The van der Waals surface area contributed by atoms with Crippen LogP contribution < -0.4 is 10.2 Å². The molecule has 110 valence electrons. The largest absolute Gasteiger partial charge is 0.464 e. The molecule has 20 heavy (non-hydrogen) atoms. The van der Waals surface area contributed by atoms with Crippen molar-refractivity contribution in [1.82, 2.24) is 10.3 Å². The average molecular weight is 277 g/mol. The summed E-state index contributed by atoms with van der Waals surface area (Å²) in [6.07, 6.45) is 4.17. The molecule has 1 aromatic heterocycles. The summed E-state index contributed by atoms with van der Waals surface area (Å²) in [6, 6.07) is 3.76. The van der Waals surface area contributed by atoms with E-state index in [-0.39, 0.29) is 5.97 Å². The molecular weight excluding hydrogens is 254 g/mol. The average Bonchev–Trinajstić information content (AvgIpc) is 2.53. The number of carbonyl (C=O) groups is 1. The zero-order valence-electron chi connectivity index (χ0n) is 12.3. The number of pyridine rings is 1. The zero-order valence-corrected chi connectivity index (χ0v) is 12.3. The Bertz CT molecular complexity index is 444. The number of methoxy groups -OCH3 is 1. The second-order valence-electron chi connectivity index (χ2n) is 5.14. The molecule has 0 saturated carbocycles. The SMILES string of the molecule is CCN(CC1CCCNC1)c1ccnc(C(=O)OC)c1. The molecule has 2 rings (SSSR count). The summed E-state index contributed by atoms with van der Waals surface area (Å²) in [5, 5.41) is 3.44. The maximum atomic E-state index is 11.6. The monoisotopic (exact) mass is 277 g/mol. The van der Waals surface area contributed by atoms with Crippen LogP contribution in [0.5, 0.6) is 0 Å². The highest BCUT2D eigenvalue weighted by molar-refractivity contribution is 5.88. The summed E-state index contributed by atoms with van der Waals surface area (Å²) < 4.78 is 4.72. The number of esters is 1. The molecule has 5 nitrogen and oxygen atoms in total. The van der Waals surface area contributed by atoms with Crippen LogP contribution in [0.2, 0.25) is 0 Å². The van der Waals surface area contributed by atoms with Crippen molar-refractivity contribution in [3.05, 3.63) is 24.0 Å². The van der Waals surface area contributed by atoms with Gasteiger partial charge in [0.15, 0.2) is 0 Å². The summed E-state index contributed by atoms with van der Waals surface area (Å²) in [6.45, 7) is 6.26. The lowest BCUT2D eigenvalue weighted by Crippen LogP contribution is -2.38. The fraction of sp³-hybridized carbons (Fsp3) is 0.600. The lowest BCUT2D eigenvalue weighted by molar-refractivity contribution is 0.0594. The summed E-state index contributed by atoms with van der Waals surface area (Å²) in [4.78, 5) is 17.9. The molecule has 1 saturated heterocycles. The highest BCUT2D eigenvalue weighted by Crippen LogP contribution is 2.19. The van der Waals surface area contributed by atoms with Crippen LogP contribution in [0.4, 0.5) is 5.69 Å². The molecule has 1 aromatic rings. The number of carbonyl (C=O) groups excluding carboxylic acids is 1. The van der Waals surface area contributed by atoms with Crippen molar-refractivity contribution < 1.29 is 9.53 Å². The maximum absolute atomic E-state index is 11.6. The summed E-state index contributed by atoms with van der Waals surface area (Å²) in [5.41, 5.74) is 1.40. The number of piperidine rings is 1. The number of nitrogens with one attached hydrogen (secondary N) is 1. The van der Waals surface area contributed by atoms with E-state index in [1.165, 1.54) is 20.0 Å². The number of aromatic nitrogens is 1. The molecule has 1 aliphatic heterocycles. The predicted octanol–water partition coefficient (Wildman–Crippen LogP) is 1.69. The molecule has 1 unspecified atom stereocenters. The normalized spacial score (nSPS) is 18.6. The molecule has 0 bridgehead atoms. The first kappa shape index (κ1) is 14.8. The minimum absolute atomic E-state index is 0.366. The van der Waals surface area contributed by atoms with Crippen molar-refractivity contribution in [2.75, 3.05) is 38.2 Å².